The molecule has 2 aromatic rings. The van der Waals surface area contributed by atoms with Gasteiger partial charge in [0.25, 0.3) is 11.8 Å². The fourth-order valence-electron chi connectivity index (χ4n) is 2.67. The maximum Gasteiger partial charge on any atom is 0.270 e. The molecule has 28 heavy (non-hydrogen) atoms. The van der Waals surface area contributed by atoms with Crippen LogP contribution in [0.3, 0.4) is 0 Å². The van der Waals surface area contributed by atoms with Gasteiger partial charge in [-0.05, 0) is 29.8 Å². The number of aromatic nitrogens is 1. The first kappa shape index (κ1) is 19.4. The molecule has 0 unspecified atom stereocenters. The van der Waals surface area contributed by atoms with Gasteiger partial charge in [-0.3, -0.25) is 19.4 Å². The number of ketones is 1. The zero-order valence-corrected chi connectivity index (χ0v) is 15.8. The predicted molar refractivity (Wildman–Crippen MR) is 107 cm³/mol. The van der Waals surface area contributed by atoms with Crippen molar-refractivity contribution in [2.24, 2.45) is 4.99 Å². The number of nitrogens with zero attached hydrogens (tertiary/aromatic N) is 2. The molecule has 8 heteroatoms. The number of hydrogen-bond donors (Lipinski definition) is 2. The summed E-state index contributed by atoms with van der Waals surface area (Å²) < 4.78 is 0. The number of likely N-dealkylation sites (N-methyl/N-ethyl adjacent to an activating group) is 1. The van der Waals surface area contributed by atoms with E-state index in [1.165, 1.54) is 13.3 Å². The lowest BCUT2D eigenvalue weighted by Gasteiger charge is -2.08. The number of benzene rings is 1. The third-order valence-corrected chi connectivity index (χ3v) is 4.31. The van der Waals surface area contributed by atoms with Crippen LogP contribution in [-0.2, 0) is 16.0 Å². The smallest absolute Gasteiger partial charge is 0.270 e. The number of carbonyl (C=O) groups excluding carboxylic acids is 3. The Kier molecular flexibility index (Phi) is 5.96. The van der Waals surface area contributed by atoms with Crippen LogP contribution in [0, 0.1) is 0 Å². The van der Waals surface area contributed by atoms with Crippen molar-refractivity contribution in [3.05, 3.63) is 70.1 Å². The fraction of sp³-hybridized carbons (Fsp3) is 0.150. The third-order valence-electron chi connectivity index (χ3n) is 4.10. The first-order chi connectivity index (χ1) is 13.5. The van der Waals surface area contributed by atoms with E-state index in [9.17, 15) is 14.4 Å². The summed E-state index contributed by atoms with van der Waals surface area (Å²) in [5, 5.41) is 5.47. The molecule has 0 radical (unpaired) electrons. The van der Waals surface area contributed by atoms with Gasteiger partial charge in [0, 0.05) is 31.8 Å². The minimum Gasteiger partial charge on any atom is -0.354 e. The van der Waals surface area contributed by atoms with Crippen LogP contribution in [0.25, 0.3) is 0 Å². The number of hydrogen-bond acceptors (Lipinski definition) is 5. The topological polar surface area (TPSA) is 101 Å². The van der Waals surface area contributed by atoms with Crippen LogP contribution >= 0.6 is 11.6 Å². The predicted octanol–water partition coefficient (Wildman–Crippen LogP) is 2.57. The van der Waals surface area contributed by atoms with Gasteiger partial charge < -0.3 is 10.6 Å². The lowest BCUT2D eigenvalue weighted by Crippen LogP contribution is -2.23. The van der Waals surface area contributed by atoms with Crippen LogP contribution < -0.4 is 10.6 Å². The van der Waals surface area contributed by atoms with Gasteiger partial charge in [0.15, 0.2) is 5.78 Å². The average molecular weight is 397 g/mol. The lowest BCUT2D eigenvalue weighted by atomic mass is 10.1. The quantitative estimate of drug-likeness (QED) is 0.578. The van der Waals surface area contributed by atoms with Gasteiger partial charge in [-0.1, -0.05) is 29.8 Å². The van der Waals surface area contributed by atoms with Gasteiger partial charge in [-0.25, -0.2) is 4.98 Å². The number of pyridine rings is 1. The standard InChI is InChI=1S/C20H17ClN4O3/c1-22-20(28)18-14(9-10-23-18)19(27)24-13-7-5-12(6-8-13)11-16(26)15-3-2-4-17(21)25-15/h2-8,10H,9,11H2,1H3,(H,22,28)(H,24,27). The van der Waals surface area contributed by atoms with Gasteiger partial charge in [-0.15, -0.1) is 0 Å². The maximum absolute atomic E-state index is 12.4. The molecule has 7 nitrogen and oxygen atoms in total. The molecule has 0 saturated carbocycles. The molecule has 2 N–H and O–H groups in total. The molecule has 2 heterocycles. The third kappa shape index (κ3) is 4.50. The molecule has 3 rings (SSSR count). The van der Waals surface area contributed by atoms with Gasteiger partial charge in [0.2, 0.25) is 0 Å². The van der Waals surface area contributed by atoms with E-state index in [0.29, 0.717) is 23.4 Å². The van der Waals surface area contributed by atoms with Crippen molar-refractivity contribution in [1.82, 2.24) is 10.3 Å². The molecule has 1 aliphatic heterocycles. The highest BCUT2D eigenvalue weighted by Crippen LogP contribution is 2.19. The molecule has 0 atom stereocenters. The Balaban J connectivity index is 1.65. The van der Waals surface area contributed by atoms with Crippen molar-refractivity contribution < 1.29 is 14.4 Å². The zero-order valence-electron chi connectivity index (χ0n) is 15.0. The highest BCUT2D eigenvalue weighted by molar-refractivity contribution is 6.29. The monoisotopic (exact) mass is 396 g/mol. The van der Waals surface area contributed by atoms with E-state index in [4.69, 9.17) is 11.6 Å². The molecule has 1 aromatic carbocycles. The SMILES string of the molecule is CNC(=O)C1=C(C(=O)Nc2ccc(CC(=O)c3cccc(Cl)n3)cc2)CC=N1. The van der Waals surface area contributed by atoms with Crippen molar-refractivity contribution in [3.63, 3.8) is 0 Å². The first-order valence-electron chi connectivity index (χ1n) is 8.51. The fourth-order valence-corrected chi connectivity index (χ4v) is 2.83. The Bertz CT molecular complexity index is 997. The number of nitrogens with one attached hydrogen (secondary N) is 2. The summed E-state index contributed by atoms with van der Waals surface area (Å²) in [6.07, 6.45) is 1.99. The molecule has 1 aromatic heterocycles. The second-order valence-electron chi connectivity index (χ2n) is 6.02. The van der Waals surface area contributed by atoms with Crippen molar-refractivity contribution in [2.45, 2.75) is 12.8 Å². The number of anilines is 1. The van der Waals surface area contributed by atoms with Crippen LogP contribution in [0.5, 0.6) is 0 Å². The number of halogens is 1. The Morgan fingerprint density at radius 2 is 1.82 bits per heavy atom. The van der Waals surface area contributed by atoms with Crippen LogP contribution in [0.4, 0.5) is 5.69 Å². The summed E-state index contributed by atoms with van der Waals surface area (Å²) in [6.45, 7) is 0. The maximum atomic E-state index is 12.4. The van der Waals surface area contributed by atoms with Crippen molar-refractivity contribution in [2.75, 3.05) is 12.4 Å². The first-order valence-corrected chi connectivity index (χ1v) is 8.89. The molecule has 0 aliphatic carbocycles. The highest BCUT2D eigenvalue weighted by Gasteiger charge is 2.23. The molecule has 1 aliphatic rings. The molecule has 0 bridgehead atoms. The molecule has 142 valence electrons. The summed E-state index contributed by atoms with van der Waals surface area (Å²) in [4.78, 5) is 44.4. The summed E-state index contributed by atoms with van der Waals surface area (Å²) in [5.74, 6) is -0.937. The van der Waals surface area contributed by atoms with Crippen LogP contribution in [0.15, 0.2) is 58.7 Å². The highest BCUT2D eigenvalue weighted by atomic mass is 35.5. The number of rotatable bonds is 6. The van der Waals surface area contributed by atoms with E-state index in [0.717, 1.165) is 5.56 Å². The summed E-state index contributed by atoms with van der Waals surface area (Å²) in [5.41, 5.74) is 2.07. The Labute approximate surface area is 166 Å². The number of aliphatic imine (C=N–C) groups is 1. The van der Waals surface area contributed by atoms with Gasteiger partial charge in [0.1, 0.15) is 16.5 Å². The normalized spacial score (nSPS) is 12.8. The number of amides is 2. The summed E-state index contributed by atoms with van der Waals surface area (Å²) >= 11 is 5.81. The van der Waals surface area contributed by atoms with Crippen LogP contribution in [0.2, 0.25) is 5.15 Å². The van der Waals surface area contributed by atoms with E-state index in [2.05, 4.69) is 20.6 Å². The summed E-state index contributed by atoms with van der Waals surface area (Å²) in [7, 11) is 1.48. The molecular weight excluding hydrogens is 380 g/mol. The van der Waals surface area contributed by atoms with Crippen LogP contribution in [0.1, 0.15) is 22.5 Å². The van der Waals surface area contributed by atoms with Gasteiger partial charge >= 0.3 is 0 Å². The Morgan fingerprint density at radius 1 is 1.07 bits per heavy atom. The number of carbonyl (C=O) groups is 3. The van der Waals surface area contributed by atoms with E-state index >= 15 is 0 Å². The van der Waals surface area contributed by atoms with Crippen molar-refractivity contribution >= 4 is 41.1 Å². The van der Waals surface area contributed by atoms with E-state index in [1.807, 2.05) is 0 Å². The van der Waals surface area contributed by atoms with Gasteiger partial charge in [0.05, 0.1) is 5.57 Å². The van der Waals surface area contributed by atoms with Crippen LogP contribution in [-0.4, -0.2) is 35.8 Å². The van der Waals surface area contributed by atoms with Gasteiger partial charge in [-0.2, -0.15) is 0 Å². The minimum absolute atomic E-state index is 0.122. The molecule has 0 spiro atoms. The Morgan fingerprint density at radius 3 is 2.50 bits per heavy atom. The summed E-state index contributed by atoms with van der Waals surface area (Å²) in [6, 6.07) is 11.8. The van der Waals surface area contributed by atoms with E-state index < -0.39 is 5.91 Å². The van der Waals surface area contributed by atoms with E-state index in [1.54, 1.807) is 42.5 Å². The average Bonchev–Trinajstić information content (AvgIpc) is 3.19. The van der Waals surface area contributed by atoms with Crippen molar-refractivity contribution in [3.8, 4) is 0 Å². The second-order valence-corrected chi connectivity index (χ2v) is 6.41. The zero-order chi connectivity index (χ0) is 20.1. The Hall–Kier alpha value is -3.32. The second kappa shape index (κ2) is 8.58. The molecule has 2 amide bonds. The largest absolute Gasteiger partial charge is 0.354 e. The minimum atomic E-state index is -0.401. The number of Topliss-reactive ketones (excluding diaryl/α,β-unsaturated/α-hetero) is 1. The molecule has 0 saturated heterocycles. The van der Waals surface area contributed by atoms with E-state index in [-0.39, 0.29) is 29.0 Å². The molecular formula is C20H17ClN4O3. The lowest BCUT2D eigenvalue weighted by molar-refractivity contribution is -0.118. The van der Waals surface area contributed by atoms with Crippen molar-refractivity contribution in [1.29, 1.82) is 0 Å². The molecule has 0 fully saturated rings.